The zero-order valence-electron chi connectivity index (χ0n) is 11.1. The molecule has 1 aromatic carbocycles. The van der Waals surface area contributed by atoms with Crippen LogP contribution in [0.3, 0.4) is 0 Å². The molecule has 1 atom stereocenters. The van der Waals surface area contributed by atoms with E-state index in [0.29, 0.717) is 18.8 Å². The third-order valence-corrected chi connectivity index (χ3v) is 3.63. The molecule has 0 aliphatic carbocycles. The van der Waals surface area contributed by atoms with Crippen molar-refractivity contribution in [2.24, 2.45) is 0 Å². The predicted octanol–water partition coefficient (Wildman–Crippen LogP) is 4.02. The Balaban J connectivity index is 2.00. The Labute approximate surface area is 109 Å². The zero-order valence-corrected chi connectivity index (χ0v) is 11.1. The van der Waals surface area contributed by atoms with E-state index in [-0.39, 0.29) is 5.60 Å². The molecule has 1 aromatic rings. The second kappa shape index (κ2) is 6.05. The molecular weight excluding hydrogens is 224 g/mol. The Bertz CT molecular complexity index is 397. The summed E-state index contributed by atoms with van der Waals surface area (Å²) in [5.74, 6) is 0.489. The molecule has 0 amide bonds. The van der Waals surface area contributed by atoms with Gasteiger partial charge in [-0.25, -0.2) is 0 Å². The Hall–Kier alpha value is -1.28. The minimum absolute atomic E-state index is 0.163. The number of aliphatic hydroxyl groups is 1. The SMILES string of the molecule is CCCC1(CCc2ccccc2)CC(O)=CCO1. The van der Waals surface area contributed by atoms with Crippen LogP contribution in [0.25, 0.3) is 0 Å². The summed E-state index contributed by atoms with van der Waals surface area (Å²) in [6.07, 6.45) is 6.51. The first kappa shape index (κ1) is 13.2. The van der Waals surface area contributed by atoms with Crippen LogP contribution in [-0.4, -0.2) is 17.3 Å². The number of benzene rings is 1. The maximum atomic E-state index is 9.75. The van der Waals surface area contributed by atoms with Crippen molar-refractivity contribution in [3.8, 4) is 0 Å². The summed E-state index contributed by atoms with van der Waals surface area (Å²) >= 11 is 0. The fraction of sp³-hybridized carbons (Fsp3) is 0.500. The molecule has 98 valence electrons. The van der Waals surface area contributed by atoms with Crippen molar-refractivity contribution in [1.82, 2.24) is 0 Å². The molecule has 1 N–H and O–H groups in total. The lowest BCUT2D eigenvalue weighted by molar-refractivity contribution is -0.0611. The van der Waals surface area contributed by atoms with E-state index in [1.165, 1.54) is 5.56 Å². The molecule has 1 heterocycles. The second-order valence-electron chi connectivity index (χ2n) is 5.10. The maximum Gasteiger partial charge on any atom is 0.0934 e. The van der Waals surface area contributed by atoms with E-state index in [9.17, 15) is 5.11 Å². The minimum atomic E-state index is -0.163. The summed E-state index contributed by atoms with van der Waals surface area (Å²) in [4.78, 5) is 0. The molecule has 0 fully saturated rings. The van der Waals surface area contributed by atoms with Gasteiger partial charge in [0.1, 0.15) is 0 Å². The number of ether oxygens (including phenoxy) is 1. The van der Waals surface area contributed by atoms with Gasteiger partial charge in [0.2, 0.25) is 0 Å². The molecule has 1 aliphatic heterocycles. The summed E-state index contributed by atoms with van der Waals surface area (Å²) in [7, 11) is 0. The van der Waals surface area contributed by atoms with Crippen molar-refractivity contribution >= 4 is 0 Å². The van der Waals surface area contributed by atoms with Gasteiger partial charge in [0, 0.05) is 6.42 Å². The standard InChI is InChI=1S/C16H22O2/c1-2-10-16(13-15(17)9-12-18-16)11-8-14-6-4-3-5-7-14/h3-7,9,17H,2,8,10-13H2,1H3. The van der Waals surface area contributed by atoms with Crippen molar-refractivity contribution < 1.29 is 9.84 Å². The average Bonchev–Trinajstić information content (AvgIpc) is 2.38. The van der Waals surface area contributed by atoms with Crippen LogP contribution in [0.5, 0.6) is 0 Å². The second-order valence-corrected chi connectivity index (χ2v) is 5.10. The summed E-state index contributed by atoms with van der Waals surface area (Å²) in [5.41, 5.74) is 1.18. The smallest absolute Gasteiger partial charge is 0.0934 e. The Morgan fingerprint density at radius 3 is 2.67 bits per heavy atom. The molecule has 0 saturated heterocycles. The van der Waals surface area contributed by atoms with Gasteiger partial charge in [-0.15, -0.1) is 0 Å². The molecule has 2 nitrogen and oxygen atoms in total. The quantitative estimate of drug-likeness (QED) is 0.850. The monoisotopic (exact) mass is 246 g/mol. The van der Waals surface area contributed by atoms with Gasteiger partial charge in [-0.3, -0.25) is 0 Å². The number of hydrogen-bond donors (Lipinski definition) is 1. The van der Waals surface area contributed by atoms with Crippen molar-refractivity contribution in [2.75, 3.05) is 6.61 Å². The third-order valence-electron chi connectivity index (χ3n) is 3.63. The molecule has 0 spiro atoms. The largest absolute Gasteiger partial charge is 0.512 e. The van der Waals surface area contributed by atoms with E-state index >= 15 is 0 Å². The van der Waals surface area contributed by atoms with Crippen LogP contribution in [-0.2, 0) is 11.2 Å². The summed E-state index contributed by atoms with van der Waals surface area (Å²) in [6.45, 7) is 2.71. The minimum Gasteiger partial charge on any atom is -0.512 e. The fourth-order valence-corrected chi connectivity index (χ4v) is 2.69. The van der Waals surface area contributed by atoms with E-state index in [2.05, 4.69) is 31.2 Å². The lowest BCUT2D eigenvalue weighted by Gasteiger charge is -2.36. The molecule has 0 radical (unpaired) electrons. The highest BCUT2D eigenvalue weighted by Crippen LogP contribution is 2.33. The molecule has 0 aromatic heterocycles. The molecular formula is C16H22O2. The molecule has 0 bridgehead atoms. The van der Waals surface area contributed by atoms with Crippen molar-refractivity contribution in [1.29, 1.82) is 0 Å². The first-order valence-electron chi connectivity index (χ1n) is 6.80. The van der Waals surface area contributed by atoms with Crippen LogP contribution in [0.2, 0.25) is 0 Å². The highest BCUT2D eigenvalue weighted by molar-refractivity contribution is 5.15. The highest BCUT2D eigenvalue weighted by Gasteiger charge is 2.33. The van der Waals surface area contributed by atoms with Crippen LogP contribution >= 0.6 is 0 Å². The van der Waals surface area contributed by atoms with Gasteiger partial charge < -0.3 is 9.84 Å². The van der Waals surface area contributed by atoms with Crippen LogP contribution in [0.1, 0.15) is 38.2 Å². The van der Waals surface area contributed by atoms with Gasteiger partial charge in [0.15, 0.2) is 0 Å². The lowest BCUT2D eigenvalue weighted by atomic mass is 9.85. The van der Waals surface area contributed by atoms with Gasteiger partial charge in [0.05, 0.1) is 18.0 Å². The summed E-state index contributed by atoms with van der Waals surface area (Å²) in [5, 5.41) is 9.75. The Kier molecular flexibility index (Phi) is 4.43. The van der Waals surface area contributed by atoms with E-state index < -0.39 is 0 Å². The molecule has 18 heavy (non-hydrogen) atoms. The number of aryl methyl sites for hydroxylation is 1. The topological polar surface area (TPSA) is 29.5 Å². The van der Waals surface area contributed by atoms with Gasteiger partial charge in [-0.05, 0) is 30.9 Å². The van der Waals surface area contributed by atoms with Gasteiger partial charge in [0.25, 0.3) is 0 Å². The van der Waals surface area contributed by atoms with E-state index in [1.807, 2.05) is 6.07 Å². The third kappa shape index (κ3) is 3.36. The molecule has 1 aliphatic rings. The van der Waals surface area contributed by atoms with Crippen molar-refractivity contribution in [2.45, 2.75) is 44.6 Å². The number of aliphatic hydroxyl groups excluding tert-OH is 1. The Morgan fingerprint density at radius 2 is 2.00 bits per heavy atom. The zero-order chi connectivity index (χ0) is 12.8. The normalized spacial score (nSPS) is 23.7. The lowest BCUT2D eigenvalue weighted by Crippen LogP contribution is -2.36. The highest BCUT2D eigenvalue weighted by atomic mass is 16.5. The van der Waals surface area contributed by atoms with Gasteiger partial charge in [-0.1, -0.05) is 43.7 Å². The maximum absolute atomic E-state index is 9.75. The van der Waals surface area contributed by atoms with Crippen molar-refractivity contribution in [3.63, 3.8) is 0 Å². The first-order chi connectivity index (χ1) is 8.74. The van der Waals surface area contributed by atoms with Crippen LogP contribution in [0, 0.1) is 0 Å². The molecule has 2 rings (SSSR count). The van der Waals surface area contributed by atoms with E-state index in [1.54, 1.807) is 6.08 Å². The van der Waals surface area contributed by atoms with Crippen LogP contribution in [0.15, 0.2) is 42.2 Å². The summed E-state index contributed by atoms with van der Waals surface area (Å²) < 4.78 is 5.96. The van der Waals surface area contributed by atoms with E-state index in [4.69, 9.17) is 4.74 Å². The summed E-state index contributed by atoms with van der Waals surface area (Å²) in [6, 6.07) is 10.5. The molecule has 0 saturated carbocycles. The van der Waals surface area contributed by atoms with Crippen molar-refractivity contribution in [3.05, 3.63) is 47.7 Å². The number of hydrogen-bond acceptors (Lipinski definition) is 2. The van der Waals surface area contributed by atoms with Crippen LogP contribution in [0.4, 0.5) is 0 Å². The van der Waals surface area contributed by atoms with Crippen LogP contribution < -0.4 is 0 Å². The predicted molar refractivity (Wildman–Crippen MR) is 73.7 cm³/mol. The van der Waals surface area contributed by atoms with Gasteiger partial charge >= 0.3 is 0 Å². The first-order valence-corrected chi connectivity index (χ1v) is 6.80. The average molecular weight is 246 g/mol. The Morgan fingerprint density at radius 1 is 1.22 bits per heavy atom. The van der Waals surface area contributed by atoms with E-state index in [0.717, 1.165) is 25.7 Å². The number of rotatable bonds is 5. The molecule has 2 heteroatoms. The van der Waals surface area contributed by atoms with Gasteiger partial charge in [-0.2, -0.15) is 0 Å². The fourth-order valence-electron chi connectivity index (χ4n) is 2.69. The molecule has 1 unspecified atom stereocenters.